The normalized spacial score (nSPS) is 27.7. The highest BCUT2D eigenvalue weighted by molar-refractivity contribution is 6.23. The Kier molecular flexibility index (Phi) is 5.91. The van der Waals surface area contributed by atoms with Crippen molar-refractivity contribution in [3.63, 3.8) is 0 Å². The van der Waals surface area contributed by atoms with Crippen molar-refractivity contribution in [2.24, 2.45) is 34.7 Å². The number of hydrogen-bond acceptors (Lipinski definition) is 7. The van der Waals surface area contributed by atoms with Crippen LogP contribution >= 0.6 is 0 Å². The van der Waals surface area contributed by atoms with Crippen molar-refractivity contribution in [1.82, 2.24) is 0 Å². The van der Waals surface area contributed by atoms with Gasteiger partial charge < -0.3 is 14.3 Å². The number of fused-ring (bicyclic) bond motifs is 8. The SMILES string of the molecule is CCOC(=O)c1ccc(N2C(=O)C3C4CC(C5C(c6ccc(OCc7ccccc7)cc6)=NOC45)C3C2=O)cc1. The quantitative estimate of drug-likeness (QED) is 0.323. The molecule has 3 aromatic rings. The minimum Gasteiger partial charge on any atom is -0.489 e. The van der Waals surface area contributed by atoms with Gasteiger partial charge in [0.1, 0.15) is 18.5 Å². The number of oxime groups is 1. The first-order chi connectivity index (χ1) is 19.5. The zero-order valence-electron chi connectivity index (χ0n) is 21.9. The molecule has 2 amide bonds. The molecule has 8 heteroatoms. The number of imide groups is 1. The lowest BCUT2D eigenvalue weighted by atomic mass is 9.71. The molecule has 3 fully saturated rings. The minimum atomic E-state index is -0.435. The molecule has 8 nitrogen and oxygen atoms in total. The van der Waals surface area contributed by atoms with Crippen LogP contribution in [0, 0.1) is 29.6 Å². The Hall–Kier alpha value is -4.46. The molecule has 7 rings (SSSR count). The van der Waals surface area contributed by atoms with Gasteiger partial charge in [-0.1, -0.05) is 35.5 Å². The van der Waals surface area contributed by atoms with Crippen LogP contribution in [-0.2, 0) is 25.8 Å². The standard InChI is InChI=1S/C32H28N2O6/c1-2-38-32(37)20-8-12-21(13-9-20)34-30(35)25-23-16-24(26(25)31(34)36)29-27(23)28(33-40-29)19-10-14-22(15-11-19)39-17-18-6-4-3-5-7-18/h3-15,23-27,29H,2,16-17H2,1H3. The maximum Gasteiger partial charge on any atom is 0.338 e. The third kappa shape index (κ3) is 3.81. The van der Waals surface area contributed by atoms with Crippen molar-refractivity contribution in [2.45, 2.75) is 26.1 Å². The fraction of sp³-hybridized carbons (Fsp3) is 0.312. The van der Waals surface area contributed by atoms with Gasteiger partial charge in [0.2, 0.25) is 11.8 Å². The summed E-state index contributed by atoms with van der Waals surface area (Å²) in [5, 5.41) is 4.45. The summed E-state index contributed by atoms with van der Waals surface area (Å²) in [7, 11) is 0. The van der Waals surface area contributed by atoms with E-state index < -0.39 is 17.8 Å². The minimum absolute atomic E-state index is 0.0180. The van der Waals surface area contributed by atoms with E-state index in [1.165, 1.54) is 4.90 Å². The van der Waals surface area contributed by atoms with Gasteiger partial charge in [-0.05, 0) is 73.4 Å². The predicted molar refractivity (Wildman–Crippen MR) is 146 cm³/mol. The first-order valence-electron chi connectivity index (χ1n) is 13.7. The Labute approximate surface area is 231 Å². The smallest absolute Gasteiger partial charge is 0.338 e. The van der Waals surface area contributed by atoms with E-state index in [1.54, 1.807) is 31.2 Å². The van der Waals surface area contributed by atoms with Crippen LogP contribution in [0.15, 0.2) is 84.0 Å². The predicted octanol–water partition coefficient (Wildman–Crippen LogP) is 4.62. The molecule has 6 unspecified atom stereocenters. The van der Waals surface area contributed by atoms with E-state index in [0.29, 0.717) is 17.9 Å². The first kappa shape index (κ1) is 24.6. The third-order valence-electron chi connectivity index (χ3n) is 8.73. The van der Waals surface area contributed by atoms with Gasteiger partial charge in [-0.15, -0.1) is 0 Å². The van der Waals surface area contributed by atoms with Crippen molar-refractivity contribution >= 4 is 29.2 Å². The van der Waals surface area contributed by atoms with E-state index in [2.05, 4.69) is 5.16 Å². The molecule has 0 radical (unpaired) electrons. The summed E-state index contributed by atoms with van der Waals surface area (Å²) in [5.74, 6) is -0.970. The van der Waals surface area contributed by atoms with Gasteiger partial charge >= 0.3 is 5.97 Å². The van der Waals surface area contributed by atoms with Crippen molar-refractivity contribution in [2.75, 3.05) is 11.5 Å². The number of anilines is 1. The first-order valence-corrected chi connectivity index (χ1v) is 13.7. The number of amides is 2. The highest BCUT2D eigenvalue weighted by Gasteiger charge is 2.70. The van der Waals surface area contributed by atoms with E-state index in [-0.39, 0.29) is 42.3 Å². The molecule has 2 aliphatic carbocycles. The second-order valence-electron chi connectivity index (χ2n) is 10.8. The topological polar surface area (TPSA) is 94.5 Å². The summed E-state index contributed by atoms with van der Waals surface area (Å²) in [6, 6.07) is 24.3. The molecule has 2 saturated carbocycles. The van der Waals surface area contributed by atoms with E-state index in [1.807, 2.05) is 54.6 Å². The van der Waals surface area contributed by atoms with Crippen LogP contribution in [0.2, 0.25) is 0 Å². The maximum atomic E-state index is 13.7. The average molecular weight is 537 g/mol. The van der Waals surface area contributed by atoms with Gasteiger partial charge in [0.15, 0.2) is 0 Å². The molecule has 4 aliphatic rings. The molecule has 1 saturated heterocycles. The Morgan fingerprint density at radius 3 is 2.30 bits per heavy atom. The maximum absolute atomic E-state index is 13.7. The van der Waals surface area contributed by atoms with Crippen LogP contribution in [0.4, 0.5) is 5.69 Å². The van der Waals surface area contributed by atoms with E-state index in [9.17, 15) is 14.4 Å². The number of carbonyl (C=O) groups excluding carboxylic acids is 3. The molecular weight excluding hydrogens is 508 g/mol. The monoisotopic (exact) mass is 536 g/mol. The van der Waals surface area contributed by atoms with Gasteiger partial charge in [0.05, 0.1) is 35.4 Å². The molecule has 3 aromatic carbocycles. The molecule has 2 aliphatic heterocycles. The van der Waals surface area contributed by atoms with Gasteiger partial charge in [-0.25, -0.2) is 4.79 Å². The molecule has 202 valence electrons. The summed E-state index contributed by atoms with van der Waals surface area (Å²) in [4.78, 5) is 46.5. The van der Waals surface area contributed by atoms with E-state index in [0.717, 1.165) is 29.0 Å². The summed E-state index contributed by atoms with van der Waals surface area (Å²) in [6.07, 6.45) is 0.563. The van der Waals surface area contributed by atoms with Crippen molar-refractivity contribution in [3.8, 4) is 5.75 Å². The second-order valence-corrected chi connectivity index (χ2v) is 10.8. The van der Waals surface area contributed by atoms with Crippen LogP contribution in [0.5, 0.6) is 5.75 Å². The molecule has 2 heterocycles. The van der Waals surface area contributed by atoms with Crippen LogP contribution in [0.25, 0.3) is 0 Å². The van der Waals surface area contributed by atoms with Crippen molar-refractivity contribution in [3.05, 3.63) is 95.6 Å². The lowest BCUT2D eigenvalue weighted by Crippen LogP contribution is -2.41. The number of rotatable bonds is 7. The van der Waals surface area contributed by atoms with E-state index >= 15 is 0 Å². The lowest BCUT2D eigenvalue weighted by molar-refractivity contribution is -0.125. The number of esters is 1. The number of ether oxygens (including phenoxy) is 2. The third-order valence-corrected chi connectivity index (χ3v) is 8.73. The van der Waals surface area contributed by atoms with Gasteiger partial charge in [0.25, 0.3) is 0 Å². The molecular formula is C32H28N2O6. The van der Waals surface area contributed by atoms with Crippen LogP contribution < -0.4 is 9.64 Å². The van der Waals surface area contributed by atoms with Crippen LogP contribution in [0.1, 0.15) is 34.8 Å². The molecule has 0 spiro atoms. The highest BCUT2D eigenvalue weighted by Crippen LogP contribution is 2.62. The van der Waals surface area contributed by atoms with Gasteiger partial charge in [-0.3, -0.25) is 14.5 Å². The molecule has 0 N–H and O–H groups in total. The average Bonchev–Trinajstić information content (AvgIpc) is 3.73. The summed E-state index contributed by atoms with van der Waals surface area (Å²) in [6.45, 7) is 2.50. The number of benzene rings is 3. The Balaban J connectivity index is 1.08. The molecule has 2 bridgehead atoms. The Bertz CT molecular complexity index is 1500. The largest absolute Gasteiger partial charge is 0.489 e. The fourth-order valence-electron chi connectivity index (χ4n) is 7.04. The van der Waals surface area contributed by atoms with Crippen LogP contribution in [-0.4, -0.2) is 36.2 Å². The Morgan fingerprint density at radius 1 is 0.900 bits per heavy atom. The van der Waals surface area contributed by atoms with Gasteiger partial charge in [-0.2, -0.15) is 0 Å². The summed E-state index contributed by atoms with van der Waals surface area (Å²) in [5.41, 5.74) is 3.72. The van der Waals surface area contributed by atoms with Gasteiger partial charge in [0, 0.05) is 17.4 Å². The lowest BCUT2D eigenvalue weighted by Gasteiger charge is -2.29. The van der Waals surface area contributed by atoms with Crippen LogP contribution in [0.3, 0.4) is 0 Å². The van der Waals surface area contributed by atoms with E-state index in [4.69, 9.17) is 14.3 Å². The molecule has 0 aromatic heterocycles. The number of carbonyl (C=O) groups is 3. The highest BCUT2D eigenvalue weighted by atomic mass is 16.6. The zero-order valence-corrected chi connectivity index (χ0v) is 21.9. The van der Waals surface area contributed by atoms with Crippen molar-refractivity contribution < 1.29 is 28.7 Å². The Morgan fingerprint density at radius 2 is 1.60 bits per heavy atom. The summed E-state index contributed by atoms with van der Waals surface area (Å²) >= 11 is 0. The number of nitrogens with zero attached hydrogens (tertiary/aromatic N) is 2. The number of hydrogen-bond donors (Lipinski definition) is 0. The molecule has 6 atom stereocenters. The van der Waals surface area contributed by atoms with Crippen molar-refractivity contribution in [1.29, 1.82) is 0 Å². The fourth-order valence-corrected chi connectivity index (χ4v) is 7.04. The molecule has 40 heavy (non-hydrogen) atoms. The summed E-state index contributed by atoms with van der Waals surface area (Å²) < 4.78 is 11.0. The zero-order chi connectivity index (χ0) is 27.4. The second kappa shape index (κ2) is 9.62.